The zero-order valence-corrected chi connectivity index (χ0v) is 20.4. The van der Waals surface area contributed by atoms with Crippen molar-refractivity contribution in [2.24, 2.45) is 0 Å². The Morgan fingerprint density at radius 3 is 2.45 bits per heavy atom. The summed E-state index contributed by atoms with van der Waals surface area (Å²) in [6, 6.07) is 15.2. The van der Waals surface area contributed by atoms with E-state index >= 15 is 0 Å². The van der Waals surface area contributed by atoms with Gasteiger partial charge in [0.05, 0.1) is 29.5 Å². The van der Waals surface area contributed by atoms with Crippen molar-refractivity contribution in [1.82, 2.24) is 4.31 Å². The third kappa shape index (κ3) is 6.29. The maximum absolute atomic E-state index is 13.1. The smallest absolute Gasteiger partial charge is 0.243 e. The van der Waals surface area contributed by atoms with Gasteiger partial charge in [0.2, 0.25) is 15.9 Å². The van der Waals surface area contributed by atoms with E-state index in [0.29, 0.717) is 38.4 Å². The van der Waals surface area contributed by atoms with Gasteiger partial charge in [-0.25, -0.2) is 8.42 Å². The summed E-state index contributed by atoms with van der Waals surface area (Å²) in [7, 11) is -3.63. The normalized spacial score (nSPS) is 17.3. The van der Waals surface area contributed by atoms with Crippen LogP contribution in [0.25, 0.3) is 0 Å². The number of carbonyl (C=O) groups is 1. The van der Waals surface area contributed by atoms with E-state index in [9.17, 15) is 13.2 Å². The highest BCUT2D eigenvalue weighted by Gasteiger charge is 2.28. The molecule has 0 atom stereocenters. The van der Waals surface area contributed by atoms with Gasteiger partial charge in [-0.15, -0.1) is 11.8 Å². The molecule has 2 aromatic rings. The van der Waals surface area contributed by atoms with Gasteiger partial charge < -0.3 is 15.0 Å². The van der Waals surface area contributed by atoms with Crippen molar-refractivity contribution in [2.45, 2.75) is 35.5 Å². The fraction of sp³-hybridized carbons (Fsp3) is 0.458. The van der Waals surface area contributed by atoms with Crippen LogP contribution in [-0.4, -0.2) is 63.8 Å². The van der Waals surface area contributed by atoms with Gasteiger partial charge in [-0.2, -0.15) is 4.31 Å². The number of sulfonamides is 1. The first-order chi connectivity index (χ1) is 16.0. The van der Waals surface area contributed by atoms with Gasteiger partial charge in [0.1, 0.15) is 0 Å². The number of nitrogens with one attached hydrogen (secondary N) is 1. The van der Waals surface area contributed by atoms with Crippen molar-refractivity contribution < 1.29 is 17.9 Å². The molecule has 0 unspecified atom stereocenters. The lowest BCUT2D eigenvalue weighted by Gasteiger charge is -2.27. The van der Waals surface area contributed by atoms with Crippen LogP contribution in [0.2, 0.25) is 0 Å². The highest BCUT2D eigenvalue weighted by molar-refractivity contribution is 7.99. The Balaban J connectivity index is 1.44. The summed E-state index contributed by atoms with van der Waals surface area (Å²) < 4.78 is 33.0. The van der Waals surface area contributed by atoms with Crippen LogP contribution in [0.1, 0.15) is 25.7 Å². The summed E-state index contributed by atoms with van der Waals surface area (Å²) in [5, 5.41) is 3.00. The number of nitrogens with zero attached hydrogens (tertiary/aromatic N) is 2. The van der Waals surface area contributed by atoms with E-state index in [2.05, 4.69) is 22.3 Å². The van der Waals surface area contributed by atoms with E-state index in [-0.39, 0.29) is 10.8 Å². The average Bonchev–Trinajstić information content (AvgIpc) is 3.38. The lowest BCUT2D eigenvalue weighted by Crippen LogP contribution is -2.40. The first kappa shape index (κ1) is 24.1. The summed E-state index contributed by atoms with van der Waals surface area (Å²) in [6.07, 6.45) is 3.33. The molecule has 0 radical (unpaired) electrons. The van der Waals surface area contributed by atoms with Crippen molar-refractivity contribution >= 4 is 39.1 Å². The monoisotopic (exact) mass is 489 g/mol. The van der Waals surface area contributed by atoms with E-state index in [4.69, 9.17) is 4.74 Å². The number of rotatable bonds is 9. The Labute approximate surface area is 200 Å². The van der Waals surface area contributed by atoms with E-state index in [0.717, 1.165) is 43.8 Å². The Kier molecular flexibility index (Phi) is 8.29. The molecule has 2 aliphatic rings. The molecule has 4 rings (SSSR count). The third-order valence-corrected chi connectivity index (χ3v) is 8.85. The van der Waals surface area contributed by atoms with Crippen molar-refractivity contribution in [2.75, 3.05) is 55.4 Å². The molecule has 2 heterocycles. The summed E-state index contributed by atoms with van der Waals surface area (Å²) in [4.78, 5) is 16.4. The molecular weight excluding hydrogens is 458 g/mol. The lowest BCUT2D eigenvalue weighted by molar-refractivity contribution is -0.116. The largest absolute Gasteiger partial charge is 0.379 e. The van der Waals surface area contributed by atoms with Crippen LogP contribution in [0.5, 0.6) is 0 Å². The molecule has 0 aromatic heterocycles. The number of anilines is 2. The number of thioether (sulfide) groups is 1. The summed E-state index contributed by atoms with van der Waals surface area (Å²) >= 11 is 1.73. The molecule has 2 fully saturated rings. The third-order valence-electron chi connectivity index (χ3n) is 5.86. The number of morpholine rings is 1. The maximum Gasteiger partial charge on any atom is 0.243 e. The second-order valence-corrected chi connectivity index (χ2v) is 11.3. The van der Waals surface area contributed by atoms with Crippen LogP contribution in [-0.2, 0) is 19.6 Å². The molecule has 9 heteroatoms. The Morgan fingerprint density at radius 2 is 1.73 bits per heavy atom. The molecule has 2 aliphatic heterocycles. The van der Waals surface area contributed by atoms with Gasteiger partial charge >= 0.3 is 0 Å². The fourth-order valence-corrected chi connectivity index (χ4v) is 6.41. The minimum Gasteiger partial charge on any atom is -0.379 e. The zero-order chi connectivity index (χ0) is 23.1. The molecule has 33 heavy (non-hydrogen) atoms. The highest BCUT2D eigenvalue weighted by Crippen LogP contribution is 2.33. The number of hydrogen-bond donors (Lipinski definition) is 1. The first-order valence-corrected chi connectivity index (χ1v) is 13.9. The quantitative estimate of drug-likeness (QED) is 0.426. The lowest BCUT2D eigenvalue weighted by atomic mass is 10.2. The molecule has 0 spiro atoms. The van der Waals surface area contributed by atoms with Crippen molar-refractivity contribution in [3.8, 4) is 0 Å². The second kappa shape index (κ2) is 11.4. The zero-order valence-electron chi connectivity index (χ0n) is 18.7. The average molecular weight is 490 g/mol. The van der Waals surface area contributed by atoms with Crippen molar-refractivity contribution in [3.63, 3.8) is 0 Å². The van der Waals surface area contributed by atoms with Gasteiger partial charge in [-0.05, 0) is 55.3 Å². The van der Waals surface area contributed by atoms with Crippen molar-refractivity contribution in [1.29, 1.82) is 0 Å². The molecule has 1 amide bonds. The summed E-state index contributed by atoms with van der Waals surface area (Å²) in [5.41, 5.74) is 1.47. The minimum atomic E-state index is -3.63. The number of benzene rings is 2. The fourth-order valence-electron chi connectivity index (χ4n) is 4.10. The SMILES string of the molecule is O=C(CCCSc1ccccc1)Nc1cc(S(=O)(=O)N2CCOCC2)ccc1N1CCCC1. The van der Waals surface area contributed by atoms with Gasteiger partial charge in [-0.3, -0.25) is 4.79 Å². The van der Waals surface area contributed by atoms with Crippen LogP contribution in [0.4, 0.5) is 11.4 Å². The molecule has 0 bridgehead atoms. The molecule has 0 saturated carbocycles. The van der Waals surface area contributed by atoms with E-state index in [1.807, 2.05) is 24.3 Å². The molecule has 178 valence electrons. The summed E-state index contributed by atoms with van der Waals surface area (Å²) in [6.45, 7) is 3.30. The highest BCUT2D eigenvalue weighted by atomic mass is 32.2. The van der Waals surface area contributed by atoms with Crippen LogP contribution in [0.3, 0.4) is 0 Å². The predicted molar refractivity (Wildman–Crippen MR) is 132 cm³/mol. The van der Waals surface area contributed by atoms with Crippen LogP contribution < -0.4 is 10.2 Å². The van der Waals surface area contributed by atoms with E-state index in [1.165, 1.54) is 9.20 Å². The molecule has 0 aliphatic carbocycles. The van der Waals surface area contributed by atoms with Crippen molar-refractivity contribution in [3.05, 3.63) is 48.5 Å². The van der Waals surface area contributed by atoms with Gasteiger partial charge in [-0.1, -0.05) is 18.2 Å². The number of hydrogen-bond acceptors (Lipinski definition) is 6. The van der Waals surface area contributed by atoms with Crippen LogP contribution in [0, 0.1) is 0 Å². The predicted octanol–water partition coefficient (Wildman–Crippen LogP) is 3.82. The molecule has 2 saturated heterocycles. The standard InChI is InChI=1S/C24H31N3O4S2/c28-24(9-6-18-32-20-7-2-1-3-8-20)25-22-19-21(10-11-23(22)26-12-4-5-13-26)33(29,30)27-14-16-31-17-15-27/h1-3,7-8,10-11,19H,4-6,9,12-18H2,(H,25,28). The summed E-state index contributed by atoms with van der Waals surface area (Å²) in [5.74, 6) is 0.757. The topological polar surface area (TPSA) is 79.0 Å². The van der Waals surface area contributed by atoms with E-state index in [1.54, 1.807) is 23.9 Å². The molecular formula is C24H31N3O4S2. The molecule has 1 N–H and O–H groups in total. The Bertz CT molecular complexity index is 1030. The number of amides is 1. The van der Waals surface area contributed by atoms with Crippen LogP contribution >= 0.6 is 11.8 Å². The second-order valence-electron chi connectivity index (χ2n) is 8.20. The van der Waals surface area contributed by atoms with Gasteiger partial charge in [0.15, 0.2) is 0 Å². The maximum atomic E-state index is 13.1. The van der Waals surface area contributed by atoms with Crippen LogP contribution in [0.15, 0.2) is 58.3 Å². The number of ether oxygens (including phenoxy) is 1. The molecule has 2 aromatic carbocycles. The number of carbonyl (C=O) groups excluding carboxylic acids is 1. The molecule has 7 nitrogen and oxygen atoms in total. The Morgan fingerprint density at radius 1 is 1.00 bits per heavy atom. The van der Waals surface area contributed by atoms with E-state index < -0.39 is 10.0 Å². The first-order valence-electron chi connectivity index (χ1n) is 11.5. The van der Waals surface area contributed by atoms with Gasteiger partial charge in [0, 0.05) is 37.5 Å². The minimum absolute atomic E-state index is 0.0926. The Hall–Kier alpha value is -2.07. The van der Waals surface area contributed by atoms with Gasteiger partial charge in [0.25, 0.3) is 0 Å².